The third-order valence-corrected chi connectivity index (χ3v) is 3.69. The zero-order valence-corrected chi connectivity index (χ0v) is 12.2. The Bertz CT molecular complexity index is 768. The first-order chi connectivity index (χ1) is 10.1. The van der Waals surface area contributed by atoms with Crippen molar-refractivity contribution in [1.29, 1.82) is 0 Å². The van der Waals surface area contributed by atoms with E-state index in [1.165, 1.54) is 0 Å². The second kappa shape index (κ2) is 5.14. The molecule has 1 aliphatic heterocycles. The minimum absolute atomic E-state index is 0.146. The molecule has 0 aromatic heterocycles. The summed E-state index contributed by atoms with van der Waals surface area (Å²) in [5.74, 6) is -0.146. The molecule has 0 bridgehead atoms. The van der Waals surface area contributed by atoms with Gasteiger partial charge in [-0.3, -0.25) is 4.79 Å². The van der Waals surface area contributed by atoms with Crippen molar-refractivity contribution in [3.8, 4) is 0 Å². The highest BCUT2D eigenvalue weighted by molar-refractivity contribution is 6.34. The van der Waals surface area contributed by atoms with Crippen LogP contribution in [0.3, 0.4) is 0 Å². The molecule has 1 aliphatic rings. The molecule has 5 heteroatoms. The smallest absolute Gasteiger partial charge is 0.258 e. The number of para-hydroxylation sites is 1. The molecule has 21 heavy (non-hydrogen) atoms. The summed E-state index contributed by atoms with van der Waals surface area (Å²) < 4.78 is 0. The summed E-state index contributed by atoms with van der Waals surface area (Å²) >= 11 is 6.13. The van der Waals surface area contributed by atoms with Gasteiger partial charge in [0.05, 0.1) is 16.3 Å². The average Bonchev–Trinajstić information content (AvgIpc) is 2.76. The summed E-state index contributed by atoms with van der Waals surface area (Å²) in [7, 11) is 0. The molecular weight excluding hydrogens is 286 g/mol. The molecule has 106 valence electrons. The molecule has 4 nitrogen and oxygen atoms in total. The molecule has 4 N–H and O–H groups in total. The summed E-state index contributed by atoms with van der Waals surface area (Å²) in [4.78, 5) is 12.2. The molecule has 0 saturated carbocycles. The topological polar surface area (TPSA) is 67.2 Å². The van der Waals surface area contributed by atoms with Gasteiger partial charge in [-0.1, -0.05) is 23.7 Å². The van der Waals surface area contributed by atoms with Crippen molar-refractivity contribution in [2.45, 2.75) is 6.92 Å². The van der Waals surface area contributed by atoms with Gasteiger partial charge in [-0.05, 0) is 37.3 Å². The van der Waals surface area contributed by atoms with E-state index in [1.54, 1.807) is 24.3 Å². The van der Waals surface area contributed by atoms with Gasteiger partial charge in [-0.25, -0.2) is 0 Å². The van der Waals surface area contributed by atoms with Gasteiger partial charge in [0.2, 0.25) is 0 Å². The lowest BCUT2D eigenvalue weighted by atomic mass is 10.0. The van der Waals surface area contributed by atoms with Gasteiger partial charge >= 0.3 is 0 Å². The normalized spacial score (nSPS) is 15.4. The SMILES string of the molecule is C/C(Nc1ccccc1Cl)=C1/C(=O)Nc2ccc(N)cc21. The highest BCUT2D eigenvalue weighted by Crippen LogP contribution is 2.35. The number of nitrogens with two attached hydrogens (primary N) is 1. The first-order valence-electron chi connectivity index (χ1n) is 6.50. The molecule has 0 aliphatic carbocycles. The van der Waals surface area contributed by atoms with E-state index < -0.39 is 0 Å². The minimum atomic E-state index is -0.146. The Kier molecular flexibility index (Phi) is 3.31. The number of allylic oxidation sites excluding steroid dienone is 1. The van der Waals surface area contributed by atoms with Crippen molar-refractivity contribution in [3.63, 3.8) is 0 Å². The number of halogens is 1. The predicted molar refractivity (Wildman–Crippen MR) is 87.2 cm³/mol. The van der Waals surface area contributed by atoms with Crippen LogP contribution in [0.2, 0.25) is 5.02 Å². The first kappa shape index (κ1) is 13.5. The van der Waals surface area contributed by atoms with Crippen LogP contribution >= 0.6 is 11.6 Å². The summed E-state index contributed by atoms with van der Waals surface area (Å²) in [6.07, 6.45) is 0. The number of benzene rings is 2. The van der Waals surface area contributed by atoms with Crippen molar-refractivity contribution in [2.24, 2.45) is 0 Å². The molecule has 2 aromatic rings. The molecule has 0 atom stereocenters. The van der Waals surface area contributed by atoms with Crippen LogP contribution in [0.25, 0.3) is 5.57 Å². The number of fused-ring (bicyclic) bond motifs is 1. The molecule has 1 amide bonds. The van der Waals surface area contributed by atoms with Crippen LogP contribution in [0.15, 0.2) is 48.2 Å². The molecule has 0 spiro atoms. The molecule has 3 rings (SSSR count). The number of hydrogen-bond donors (Lipinski definition) is 3. The molecule has 0 fully saturated rings. The standard InChI is InChI=1S/C16H14ClN3O/c1-9(19-14-5-3-2-4-12(14)17)15-11-8-10(18)6-7-13(11)20-16(15)21/h2-8,19H,18H2,1H3,(H,20,21)/b15-9-. The van der Waals surface area contributed by atoms with E-state index >= 15 is 0 Å². The summed E-state index contributed by atoms with van der Waals surface area (Å²) in [6, 6.07) is 12.8. The maximum atomic E-state index is 12.2. The van der Waals surface area contributed by atoms with E-state index in [0.29, 0.717) is 16.3 Å². The van der Waals surface area contributed by atoms with E-state index in [-0.39, 0.29) is 5.91 Å². The number of rotatable bonds is 2. The summed E-state index contributed by atoms with van der Waals surface area (Å²) in [6.45, 7) is 1.84. The fourth-order valence-electron chi connectivity index (χ4n) is 2.38. The van der Waals surface area contributed by atoms with Gasteiger partial charge in [0, 0.05) is 22.6 Å². The fraction of sp³-hybridized carbons (Fsp3) is 0.0625. The van der Waals surface area contributed by atoms with Crippen molar-refractivity contribution >= 4 is 40.1 Å². The van der Waals surface area contributed by atoms with Gasteiger partial charge in [0.1, 0.15) is 0 Å². The molecule has 1 heterocycles. The largest absolute Gasteiger partial charge is 0.399 e. The molecule has 0 unspecified atom stereocenters. The number of carbonyl (C=O) groups excluding carboxylic acids is 1. The fourth-order valence-corrected chi connectivity index (χ4v) is 2.57. The predicted octanol–water partition coefficient (Wildman–Crippen LogP) is 3.72. The van der Waals surface area contributed by atoms with Gasteiger partial charge in [-0.2, -0.15) is 0 Å². The monoisotopic (exact) mass is 299 g/mol. The van der Waals surface area contributed by atoms with Crippen LogP contribution in [-0.4, -0.2) is 5.91 Å². The number of amides is 1. The third kappa shape index (κ3) is 2.45. The van der Waals surface area contributed by atoms with E-state index in [4.69, 9.17) is 17.3 Å². The van der Waals surface area contributed by atoms with Crippen LogP contribution in [0, 0.1) is 0 Å². The number of nitrogens with one attached hydrogen (secondary N) is 2. The quantitative estimate of drug-likeness (QED) is 0.585. The Morgan fingerprint density at radius 3 is 2.76 bits per heavy atom. The lowest BCUT2D eigenvalue weighted by Gasteiger charge is -2.11. The van der Waals surface area contributed by atoms with Crippen LogP contribution in [0.4, 0.5) is 17.1 Å². The number of carbonyl (C=O) groups is 1. The van der Waals surface area contributed by atoms with E-state index in [1.807, 2.05) is 25.1 Å². The van der Waals surface area contributed by atoms with Crippen molar-refractivity contribution in [2.75, 3.05) is 16.4 Å². The van der Waals surface area contributed by atoms with Crippen LogP contribution in [-0.2, 0) is 4.79 Å². The molecule has 0 saturated heterocycles. The minimum Gasteiger partial charge on any atom is -0.399 e. The number of nitrogen functional groups attached to an aromatic ring is 1. The summed E-state index contributed by atoms with van der Waals surface area (Å²) in [5.41, 5.74) is 10.1. The Morgan fingerprint density at radius 2 is 2.00 bits per heavy atom. The third-order valence-electron chi connectivity index (χ3n) is 3.36. The lowest BCUT2D eigenvalue weighted by Crippen LogP contribution is -2.09. The van der Waals surface area contributed by atoms with Crippen molar-refractivity contribution in [1.82, 2.24) is 0 Å². The van der Waals surface area contributed by atoms with E-state index in [9.17, 15) is 4.79 Å². The second-order valence-electron chi connectivity index (χ2n) is 4.86. The van der Waals surface area contributed by atoms with Gasteiger partial charge in [0.15, 0.2) is 0 Å². The zero-order chi connectivity index (χ0) is 15.0. The Morgan fingerprint density at radius 1 is 1.24 bits per heavy atom. The second-order valence-corrected chi connectivity index (χ2v) is 5.27. The molecular formula is C16H14ClN3O. The van der Waals surface area contributed by atoms with E-state index in [0.717, 1.165) is 22.6 Å². The maximum absolute atomic E-state index is 12.2. The van der Waals surface area contributed by atoms with Gasteiger partial charge in [0.25, 0.3) is 5.91 Å². The highest BCUT2D eigenvalue weighted by Gasteiger charge is 2.26. The Labute approximate surface area is 127 Å². The van der Waals surface area contributed by atoms with E-state index in [2.05, 4.69) is 10.6 Å². The molecule has 0 radical (unpaired) electrons. The molecule has 2 aromatic carbocycles. The van der Waals surface area contributed by atoms with Crippen LogP contribution < -0.4 is 16.4 Å². The van der Waals surface area contributed by atoms with Crippen molar-refractivity contribution in [3.05, 3.63) is 58.7 Å². The van der Waals surface area contributed by atoms with Gasteiger partial charge in [-0.15, -0.1) is 0 Å². The van der Waals surface area contributed by atoms with Crippen molar-refractivity contribution < 1.29 is 4.79 Å². The summed E-state index contributed by atoms with van der Waals surface area (Å²) in [5, 5.41) is 6.62. The zero-order valence-electron chi connectivity index (χ0n) is 11.4. The lowest BCUT2D eigenvalue weighted by molar-refractivity contribution is -0.110. The average molecular weight is 300 g/mol. The first-order valence-corrected chi connectivity index (χ1v) is 6.88. The number of anilines is 3. The van der Waals surface area contributed by atoms with Crippen LogP contribution in [0.5, 0.6) is 0 Å². The Hall–Kier alpha value is -2.46. The highest BCUT2D eigenvalue weighted by atomic mass is 35.5. The van der Waals surface area contributed by atoms with Gasteiger partial charge < -0.3 is 16.4 Å². The number of hydrogen-bond acceptors (Lipinski definition) is 3. The van der Waals surface area contributed by atoms with Crippen LogP contribution in [0.1, 0.15) is 12.5 Å². The Balaban J connectivity index is 2.04. The maximum Gasteiger partial charge on any atom is 0.258 e.